The molecule has 0 atom stereocenters. The second-order valence-electron chi connectivity index (χ2n) is 8.94. The Hall–Kier alpha value is -5.38. The number of nitrogens with zero attached hydrogens (tertiary/aromatic N) is 2. The van der Waals surface area contributed by atoms with Crippen LogP contribution in [0.4, 0.5) is 11.4 Å². The van der Waals surface area contributed by atoms with E-state index in [4.69, 9.17) is 14.2 Å². The highest BCUT2D eigenvalue weighted by atomic mass is 16.5. The van der Waals surface area contributed by atoms with Crippen LogP contribution in [0.5, 0.6) is 17.2 Å². The average Bonchev–Trinajstić information content (AvgIpc) is 3.40. The molecular formula is C30H27N5O5. The quantitative estimate of drug-likeness (QED) is 0.240. The van der Waals surface area contributed by atoms with Crippen molar-refractivity contribution >= 4 is 34.2 Å². The molecular weight excluding hydrogens is 510 g/mol. The second kappa shape index (κ2) is 11.2. The number of ether oxygens (including phenoxy) is 3. The average molecular weight is 538 g/mol. The van der Waals surface area contributed by atoms with E-state index < -0.39 is 0 Å². The molecule has 10 heteroatoms. The van der Waals surface area contributed by atoms with E-state index in [-0.39, 0.29) is 11.8 Å². The Balaban J connectivity index is 1.31. The third kappa shape index (κ3) is 5.41. The molecule has 40 heavy (non-hydrogen) atoms. The summed E-state index contributed by atoms with van der Waals surface area (Å²) in [6, 6.07) is 19.5. The number of carbonyl (C=O) groups is 2. The fraction of sp³-hybridized carbons (Fsp3) is 0.133. The molecule has 5 rings (SSSR count). The van der Waals surface area contributed by atoms with Crippen LogP contribution in [0.1, 0.15) is 26.4 Å². The maximum absolute atomic E-state index is 13.0. The summed E-state index contributed by atoms with van der Waals surface area (Å²) in [5.41, 5.74) is 5.24. The smallest absolute Gasteiger partial charge is 0.274 e. The Morgan fingerprint density at radius 2 is 1.45 bits per heavy atom. The molecule has 0 spiro atoms. The lowest BCUT2D eigenvalue weighted by Crippen LogP contribution is -2.13. The van der Waals surface area contributed by atoms with Gasteiger partial charge < -0.3 is 29.8 Å². The van der Waals surface area contributed by atoms with Crippen LogP contribution in [0.2, 0.25) is 0 Å². The molecule has 3 aromatic carbocycles. The normalized spacial score (nSPS) is 10.7. The number of H-pyrrole nitrogens is 1. The third-order valence-corrected chi connectivity index (χ3v) is 6.23. The summed E-state index contributed by atoms with van der Waals surface area (Å²) in [4.78, 5) is 37.6. The summed E-state index contributed by atoms with van der Waals surface area (Å²) < 4.78 is 16.0. The highest BCUT2D eigenvalue weighted by molar-refractivity contribution is 6.06. The highest BCUT2D eigenvalue weighted by Crippen LogP contribution is 2.38. The summed E-state index contributed by atoms with van der Waals surface area (Å²) in [5, 5.41) is 5.75. The number of aryl methyl sites for hydroxylation is 1. The zero-order valence-electron chi connectivity index (χ0n) is 22.4. The zero-order chi connectivity index (χ0) is 28.2. The van der Waals surface area contributed by atoms with Gasteiger partial charge in [-0.25, -0.2) is 4.98 Å². The monoisotopic (exact) mass is 537 g/mol. The van der Waals surface area contributed by atoms with Crippen molar-refractivity contribution in [2.75, 3.05) is 32.0 Å². The van der Waals surface area contributed by atoms with Crippen LogP contribution in [0.25, 0.3) is 22.4 Å². The van der Waals surface area contributed by atoms with Crippen LogP contribution in [0.15, 0.2) is 72.9 Å². The van der Waals surface area contributed by atoms with Crippen molar-refractivity contribution in [3.8, 4) is 28.6 Å². The molecule has 0 aliphatic rings. The number of imidazole rings is 1. The van der Waals surface area contributed by atoms with Gasteiger partial charge in [0.2, 0.25) is 5.75 Å². The number of aromatic amines is 1. The molecule has 0 aliphatic carbocycles. The predicted octanol–water partition coefficient (Wildman–Crippen LogP) is 5.46. The number of anilines is 2. The summed E-state index contributed by atoms with van der Waals surface area (Å²) in [7, 11) is 4.50. The molecule has 0 fully saturated rings. The van der Waals surface area contributed by atoms with E-state index in [1.807, 2.05) is 37.3 Å². The van der Waals surface area contributed by atoms with E-state index >= 15 is 0 Å². The summed E-state index contributed by atoms with van der Waals surface area (Å²) >= 11 is 0. The number of nitrogens with one attached hydrogen (secondary N) is 3. The molecule has 202 valence electrons. The fourth-order valence-electron chi connectivity index (χ4n) is 4.15. The standard InChI is InChI=1S/C30H27N5O5/c1-17-5-11-23(31-16-17)30(37)32-20-8-6-18(7-9-20)28-34-22-12-10-21(15-24(22)35-28)33-29(36)19-13-25(38-2)27(40-4)26(14-19)39-3/h5-16H,1-4H3,(H,32,37)(H,33,36)(H,34,35). The number of hydrogen-bond acceptors (Lipinski definition) is 7. The first-order valence-corrected chi connectivity index (χ1v) is 12.3. The van der Waals surface area contributed by atoms with Crippen molar-refractivity contribution in [1.29, 1.82) is 0 Å². The van der Waals surface area contributed by atoms with Gasteiger partial charge in [-0.05, 0) is 73.2 Å². The zero-order valence-corrected chi connectivity index (χ0v) is 22.4. The van der Waals surface area contributed by atoms with Gasteiger partial charge in [0.25, 0.3) is 11.8 Å². The van der Waals surface area contributed by atoms with E-state index in [1.54, 1.807) is 42.6 Å². The van der Waals surface area contributed by atoms with Crippen molar-refractivity contribution < 1.29 is 23.8 Å². The van der Waals surface area contributed by atoms with E-state index in [0.29, 0.717) is 45.7 Å². The lowest BCUT2D eigenvalue weighted by atomic mass is 10.1. The number of carbonyl (C=O) groups excluding carboxylic acids is 2. The maximum atomic E-state index is 13.0. The van der Waals surface area contributed by atoms with Crippen LogP contribution >= 0.6 is 0 Å². The van der Waals surface area contributed by atoms with Gasteiger partial charge >= 0.3 is 0 Å². The Morgan fingerprint density at radius 3 is 2.08 bits per heavy atom. The fourth-order valence-corrected chi connectivity index (χ4v) is 4.15. The van der Waals surface area contributed by atoms with E-state index in [9.17, 15) is 9.59 Å². The molecule has 2 amide bonds. The van der Waals surface area contributed by atoms with Crippen LogP contribution in [-0.2, 0) is 0 Å². The molecule has 0 unspecified atom stereocenters. The van der Waals surface area contributed by atoms with Crippen LogP contribution in [0, 0.1) is 6.92 Å². The number of amides is 2. The van der Waals surface area contributed by atoms with Gasteiger partial charge in [0, 0.05) is 28.7 Å². The maximum Gasteiger partial charge on any atom is 0.274 e. The number of rotatable bonds is 8. The lowest BCUT2D eigenvalue weighted by molar-refractivity contribution is 0.101. The number of methoxy groups -OCH3 is 3. The van der Waals surface area contributed by atoms with Gasteiger partial charge in [0.1, 0.15) is 11.5 Å². The molecule has 2 heterocycles. The second-order valence-corrected chi connectivity index (χ2v) is 8.94. The van der Waals surface area contributed by atoms with Crippen molar-refractivity contribution in [3.05, 3.63) is 89.7 Å². The van der Waals surface area contributed by atoms with Crippen molar-refractivity contribution in [2.45, 2.75) is 6.92 Å². The van der Waals surface area contributed by atoms with E-state index in [2.05, 4.69) is 25.6 Å². The van der Waals surface area contributed by atoms with Crippen LogP contribution < -0.4 is 24.8 Å². The lowest BCUT2D eigenvalue weighted by Gasteiger charge is -2.14. The summed E-state index contributed by atoms with van der Waals surface area (Å²) in [6.07, 6.45) is 1.66. The first-order chi connectivity index (χ1) is 19.4. The van der Waals surface area contributed by atoms with Crippen molar-refractivity contribution in [1.82, 2.24) is 15.0 Å². The topological polar surface area (TPSA) is 127 Å². The Bertz CT molecular complexity index is 1670. The van der Waals surface area contributed by atoms with E-state index in [0.717, 1.165) is 22.2 Å². The Labute approximate surface area is 230 Å². The minimum Gasteiger partial charge on any atom is -0.493 e. The van der Waals surface area contributed by atoms with Gasteiger partial charge in [0.15, 0.2) is 11.5 Å². The number of pyridine rings is 1. The van der Waals surface area contributed by atoms with Gasteiger partial charge in [-0.2, -0.15) is 0 Å². The molecule has 0 aliphatic heterocycles. The molecule has 2 aromatic heterocycles. The number of fused-ring (bicyclic) bond motifs is 1. The number of aromatic nitrogens is 3. The van der Waals surface area contributed by atoms with E-state index in [1.165, 1.54) is 21.3 Å². The molecule has 0 radical (unpaired) electrons. The molecule has 0 bridgehead atoms. The summed E-state index contributed by atoms with van der Waals surface area (Å²) in [5.74, 6) is 1.22. The van der Waals surface area contributed by atoms with Gasteiger partial charge in [-0.15, -0.1) is 0 Å². The molecule has 3 N–H and O–H groups in total. The van der Waals surface area contributed by atoms with Gasteiger partial charge in [-0.3, -0.25) is 14.6 Å². The van der Waals surface area contributed by atoms with Gasteiger partial charge in [0.05, 0.1) is 32.4 Å². The molecule has 5 aromatic rings. The molecule has 0 saturated carbocycles. The van der Waals surface area contributed by atoms with Crippen molar-refractivity contribution in [2.24, 2.45) is 0 Å². The minimum atomic E-state index is -0.336. The highest BCUT2D eigenvalue weighted by Gasteiger charge is 2.17. The molecule has 0 saturated heterocycles. The predicted molar refractivity (Wildman–Crippen MR) is 153 cm³/mol. The van der Waals surface area contributed by atoms with Crippen molar-refractivity contribution in [3.63, 3.8) is 0 Å². The SMILES string of the molecule is COc1cc(C(=O)Nc2ccc3nc(-c4ccc(NC(=O)c5ccc(C)cn5)cc4)[nH]c3c2)cc(OC)c1OC. The number of benzene rings is 3. The molecule has 10 nitrogen and oxygen atoms in total. The third-order valence-electron chi connectivity index (χ3n) is 6.23. The summed E-state index contributed by atoms with van der Waals surface area (Å²) in [6.45, 7) is 1.92. The number of hydrogen-bond donors (Lipinski definition) is 3. The van der Waals surface area contributed by atoms with Gasteiger partial charge in [-0.1, -0.05) is 6.07 Å². The first kappa shape index (κ1) is 26.2. The Morgan fingerprint density at radius 1 is 0.775 bits per heavy atom. The Kier molecular flexibility index (Phi) is 7.32. The van der Waals surface area contributed by atoms with Crippen LogP contribution in [0.3, 0.4) is 0 Å². The largest absolute Gasteiger partial charge is 0.493 e. The minimum absolute atomic E-state index is 0.280. The van der Waals surface area contributed by atoms with Crippen LogP contribution in [-0.4, -0.2) is 48.1 Å². The first-order valence-electron chi connectivity index (χ1n) is 12.3.